The highest BCUT2D eigenvalue weighted by atomic mass is 19.1. The molecule has 0 aliphatic carbocycles. The molecule has 0 saturated carbocycles. The number of nitrogens with zero attached hydrogens (tertiary/aromatic N) is 2. The number of oxime groups is 1. The van der Waals surface area contributed by atoms with Crippen LogP contribution >= 0.6 is 0 Å². The maximum Gasteiger partial charge on any atom is 0.307 e. The molecule has 0 aliphatic heterocycles. The minimum absolute atomic E-state index is 0.0155. The van der Waals surface area contributed by atoms with Gasteiger partial charge in [0.2, 0.25) is 0 Å². The standard InChI is InChI=1S/C22H21FN2O5/c1-2-11-29-24-19(14-28-20-6-4-3-5-16(20)12-22(26)27)21-13-18(25-30-21)15-7-9-17(23)10-8-15/h3-10,13H,2,11-12,14H2,1H3,(H,26,27). The van der Waals surface area contributed by atoms with Gasteiger partial charge in [-0.1, -0.05) is 35.4 Å². The predicted molar refractivity (Wildman–Crippen MR) is 108 cm³/mol. The summed E-state index contributed by atoms with van der Waals surface area (Å²) in [5.74, 6) is -0.529. The van der Waals surface area contributed by atoms with Crippen molar-refractivity contribution in [1.82, 2.24) is 5.16 Å². The third kappa shape index (κ3) is 5.66. The molecule has 3 aromatic rings. The number of hydrogen-bond acceptors (Lipinski definition) is 6. The number of hydrogen-bond donors (Lipinski definition) is 1. The van der Waals surface area contributed by atoms with E-state index in [1.165, 1.54) is 12.1 Å². The maximum absolute atomic E-state index is 13.1. The Morgan fingerprint density at radius 2 is 1.97 bits per heavy atom. The van der Waals surface area contributed by atoms with Gasteiger partial charge in [0, 0.05) is 17.2 Å². The molecule has 156 valence electrons. The zero-order chi connectivity index (χ0) is 21.3. The predicted octanol–water partition coefficient (Wildman–Crippen LogP) is 4.32. The normalized spacial score (nSPS) is 11.3. The summed E-state index contributed by atoms with van der Waals surface area (Å²) in [5, 5.41) is 17.2. The van der Waals surface area contributed by atoms with Crippen molar-refractivity contribution in [3.05, 3.63) is 71.7 Å². The molecule has 7 nitrogen and oxygen atoms in total. The number of carboxylic acid groups (broad SMARTS) is 1. The maximum atomic E-state index is 13.1. The Morgan fingerprint density at radius 1 is 1.20 bits per heavy atom. The second kappa shape index (κ2) is 10.2. The molecule has 0 radical (unpaired) electrons. The Kier molecular flexibility index (Phi) is 7.15. The Labute approximate surface area is 172 Å². The van der Waals surface area contributed by atoms with E-state index < -0.39 is 5.97 Å². The average Bonchev–Trinajstić information content (AvgIpc) is 3.22. The van der Waals surface area contributed by atoms with Crippen LogP contribution in [0.2, 0.25) is 0 Å². The van der Waals surface area contributed by atoms with E-state index in [0.717, 1.165) is 6.42 Å². The zero-order valence-corrected chi connectivity index (χ0v) is 16.4. The summed E-state index contributed by atoms with van der Waals surface area (Å²) in [6.45, 7) is 2.35. The molecule has 1 aromatic heterocycles. The lowest BCUT2D eigenvalue weighted by atomic mass is 10.1. The Bertz CT molecular complexity index is 1010. The van der Waals surface area contributed by atoms with E-state index in [-0.39, 0.29) is 18.8 Å². The number of benzene rings is 2. The molecule has 0 spiro atoms. The average molecular weight is 412 g/mol. The molecular weight excluding hydrogens is 391 g/mol. The summed E-state index contributed by atoms with van der Waals surface area (Å²) in [6, 6.07) is 14.4. The largest absolute Gasteiger partial charge is 0.487 e. The fourth-order valence-electron chi connectivity index (χ4n) is 2.62. The lowest BCUT2D eigenvalue weighted by Crippen LogP contribution is -2.14. The minimum atomic E-state index is -0.953. The van der Waals surface area contributed by atoms with Crippen molar-refractivity contribution < 1.29 is 28.4 Å². The molecular formula is C22H21FN2O5. The topological polar surface area (TPSA) is 94.2 Å². The van der Waals surface area contributed by atoms with E-state index in [1.807, 2.05) is 6.92 Å². The number of halogens is 1. The number of aromatic nitrogens is 1. The van der Waals surface area contributed by atoms with Gasteiger partial charge in [0.05, 0.1) is 6.42 Å². The van der Waals surface area contributed by atoms with Gasteiger partial charge >= 0.3 is 5.97 Å². The SMILES string of the molecule is CCCON=C(COc1ccccc1CC(=O)O)c1cc(-c2ccc(F)cc2)no1. The van der Waals surface area contributed by atoms with Gasteiger partial charge in [0.1, 0.15) is 30.5 Å². The van der Waals surface area contributed by atoms with Crippen LogP contribution in [0.3, 0.4) is 0 Å². The molecule has 1 heterocycles. The van der Waals surface area contributed by atoms with Crippen molar-refractivity contribution in [3.63, 3.8) is 0 Å². The van der Waals surface area contributed by atoms with E-state index in [1.54, 1.807) is 42.5 Å². The number of ether oxygens (including phenoxy) is 1. The lowest BCUT2D eigenvalue weighted by molar-refractivity contribution is -0.136. The van der Waals surface area contributed by atoms with Crippen LogP contribution in [0.1, 0.15) is 24.7 Å². The number of para-hydroxylation sites is 1. The number of rotatable bonds is 10. The van der Waals surface area contributed by atoms with E-state index in [2.05, 4.69) is 10.3 Å². The van der Waals surface area contributed by atoms with Gasteiger partial charge in [-0.05, 0) is 36.8 Å². The lowest BCUT2D eigenvalue weighted by Gasteiger charge is -2.10. The zero-order valence-electron chi connectivity index (χ0n) is 16.4. The van der Waals surface area contributed by atoms with Crippen LogP contribution in [-0.2, 0) is 16.1 Å². The summed E-state index contributed by atoms with van der Waals surface area (Å²) in [7, 11) is 0. The smallest absolute Gasteiger partial charge is 0.307 e. The van der Waals surface area contributed by atoms with Crippen LogP contribution in [0.25, 0.3) is 11.3 Å². The molecule has 0 bridgehead atoms. The molecule has 0 atom stereocenters. The van der Waals surface area contributed by atoms with Crippen molar-refractivity contribution >= 4 is 11.7 Å². The van der Waals surface area contributed by atoms with Gasteiger partial charge in [-0.2, -0.15) is 0 Å². The first-order valence-corrected chi connectivity index (χ1v) is 9.41. The summed E-state index contributed by atoms with van der Waals surface area (Å²) in [6.07, 6.45) is 0.613. The quantitative estimate of drug-likeness (QED) is 0.303. The molecule has 0 aliphatic rings. The second-order valence-electron chi connectivity index (χ2n) is 6.42. The second-order valence-corrected chi connectivity index (χ2v) is 6.42. The van der Waals surface area contributed by atoms with Crippen molar-refractivity contribution in [1.29, 1.82) is 0 Å². The highest BCUT2D eigenvalue weighted by molar-refractivity contribution is 5.99. The van der Waals surface area contributed by atoms with Gasteiger partial charge < -0.3 is 19.2 Å². The highest BCUT2D eigenvalue weighted by Crippen LogP contribution is 2.22. The minimum Gasteiger partial charge on any atom is -0.487 e. The first-order valence-electron chi connectivity index (χ1n) is 9.41. The Balaban J connectivity index is 1.80. The highest BCUT2D eigenvalue weighted by Gasteiger charge is 2.16. The molecule has 2 aromatic carbocycles. The van der Waals surface area contributed by atoms with Gasteiger partial charge in [0.15, 0.2) is 11.5 Å². The summed E-state index contributed by atoms with van der Waals surface area (Å²) in [5.41, 5.74) is 2.10. The third-order valence-electron chi connectivity index (χ3n) is 4.08. The molecule has 1 N–H and O–H groups in total. The number of carbonyl (C=O) groups is 1. The number of aliphatic carboxylic acids is 1. The van der Waals surface area contributed by atoms with Crippen LogP contribution in [0.5, 0.6) is 5.75 Å². The first kappa shape index (κ1) is 21.0. The fourth-order valence-corrected chi connectivity index (χ4v) is 2.62. The summed E-state index contributed by atoms with van der Waals surface area (Å²) < 4.78 is 24.4. The van der Waals surface area contributed by atoms with E-state index in [4.69, 9.17) is 19.2 Å². The first-order chi connectivity index (χ1) is 14.6. The molecule has 0 amide bonds. The van der Waals surface area contributed by atoms with Gasteiger partial charge in [-0.15, -0.1) is 0 Å². The van der Waals surface area contributed by atoms with E-state index in [0.29, 0.717) is 40.6 Å². The molecule has 30 heavy (non-hydrogen) atoms. The Morgan fingerprint density at radius 3 is 2.70 bits per heavy atom. The molecule has 0 unspecified atom stereocenters. The summed E-state index contributed by atoms with van der Waals surface area (Å²) in [4.78, 5) is 16.4. The van der Waals surface area contributed by atoms with Crippen LogP contribution in [0, 0.1) is 5.82 Å². The van der Waals surface area contributed by atoms with Crippen LogP contribution < -0.4 is 4.74 Å². The van der Waals surface area contributed by atoms with Crippen molar-refractivity contribution in [3.8, 4) is 17.0 Å². The van der Waals surface area contributed by atoms with Crippen molar-refractivity contribution in [2.75, 3.05) is 13.2 Å². The summed E-state index contributed by atoms with van der Waals surface area (Å²) >= 11 is 0. The molecule has 0 saturated heterocycles. The molecule has 8 heteroatoms. The molecule has 0 fully saturated rings. The van der Waals surface area contributed by atoms with Gasteiger partial charge in [-0.3, -0.25) is 4.79 Å². The van der Waals surface area contributed by atoms with E-state index in [9.17, 15) is 9.18 Å². The molecule has 3 rings (SSSR count). The van der Waals surface area contributed by atoms with Crippen molar-refractivity contribution in [2.45, 2.75) is 19.8 Å². The Hall–Kier alpha value is -3.68. The monoisotopic (exact) mass is 412 g/mol. The van der Waals surface area contributed by atoms with Crippen molar-refractivity contribution in [2.24, 2.45) is 5.16 Å². The van der Waals surface area contributed by atoms with Gasteiger partial charge in [0.25, 0.3) is 0 Å². The van der Waals surface area contributed by atoms with Crippen LogP contribution in [-0.4, -0.2) is 35.2 Å². The van der Waals surface area contributed by atoms with Crippen LogP contribution in [0.4, 0.5) is 4.39 Å². The third-order valence-corrected chi connectivity index (χ3v) is 4.08. The van der Waals surface area contributed by atoms with E-state index >= 15 is 0 Å². The number of carboxylic acids is 1. The fraction of sp³-hybridized carbons (Fsp3) is 0.227. The van der Waals surface area contributed by atoms with Gasteiger partial charge in [-0.25, -0.2) is 4.39 Å². The van der Waals surface area contributed by atoms with Crippen LogP contribution in [0.15, 0.2) is 64.3 Å².